The molecule has 0 aromatic carbocycles. The molecule has 0 bridgehead atoms. The number of carbonyl (C=O) groups excluding carboxylic acids is 1. The molecule has 0 atom stereocenters. The quantitative estimate of drug-likeness (QED) is 0.779. The largest absolute Gasteiger partial charge is 0.480 e. The number of carboxylic acids is 1. The molecule has 2 aliphatic rings. The number of carbonyl (C=O) groups is 2. The summed E-state index contributed by atoms with van der Waals surface area (Å²) in [5.74, 6) is 0.635. The van der Waals surface area contributed by atoms with Crippen molar-refractivity contribution in [3.63, 3.8) is 0 Å². The van der Waals surface area contributed by atoms with Gasteiger partial charge in [-0.05, 0) is 43.3 Å². The van der Waals surface area contributed by atoms with Crippen molar-refractivity contribution < 1.29 is 14.7 Å². The Labute approximate surface area is 120 Å². The summed E-state index contributed by atoms with van der Waals surface area (Å²) in [5, 5.41) is 19.0. The summed E-state index contributed by atoms with van der Waals surface area (Å²) in [4.78, 5) is 23.7. The molecule has 7 heteroatoms. The topological polar surface area (TPSA) is 95.1 Å². The summed E-state index contributed by atoms with van der Waals surface area (Å²) in [5.41, 5.74) is 0.116. The van der Waals surface area contributed by atoms with E-state index in [1.165, 1.54) is 0 Å². The Morgan fingerprint density at radius 3 is 2.70 bits per heavy atom. The molecule has 1 saturated heterocycles. The van der Waals surface area contributed by atoms with Crippen LogP contribution in [-0.4, -0.2) is 44.2 Å². The van der Waals surface area contributed by atoms with Gasteiger partial charge in [0.15, 0.2) is 0 Å². The van der Waals surface area contributed by atoms with Gasteiger partial charge in [0.05, 0.1) is 0 Å². The lowest BCUT2D eigenvalue weighted by Gasteiger charge is -2.33. The van der Waals surface area contributed by atoms with Crippen molar-refractivity contribution in [2.75, 3.05) is 11.5 Å². The molecule has 108 valence electrons. The number of H-pyrrole nitrogens is 1. The van der Waals surface area contributed by atoms with Gasteiger partial charge in [0.2, 0.25) is 0 Å². The molecular weight excluding hydrogens is 278 g/mol. The Morgan fingerprint density at radius 1 is 1.40 bits per heavy atom. The van der Waals surface area contributed by atoms with Gasteiger partial charge < -0.3 is 10.4 Å². The highest BCUT2D eigenvalue weighted by Gasteiger charge is 2.41. The Hall–Kier alpha value is -1.50. The van der Waals surface area contributed by atoms with Crippen LogP contribution in [0.1, 0.15) is 47.8 Å². The van der Waals surface area contributed by atoms with Crippen LogP contribution in [-0.2, 0) is 4.79 Å². The summed E-state index contributed by atoms with van der Waals surface area (Å²) in [6.45, 7) is 0. The van der Waals surface area contributed by atoms with Crippen molar-refractivity contribution in [3.8, 4) is 0 Å². The maximum Gasteiger partial charge on any atom is 0.329 e. The van der Waals surface area contributed by atoms with Crippen molar-refractivity contribution in [2.45, 2.75) is 37.1 Å². The second kappa shape index (κ2) is 5.12. The molecule has 3 N–H and O–H groups in total. The molecule has 2 heterocycles. The molecule has 0 radical (unpaired) electrons. The van der Waals surface area contributed by atoms with Crippen LogP contribution in [0.3, 0.4) is 0 Å². The minimum Gasteiger partial charge on any atom is -0.480 e. The summed E-state index contributed by atoms with van der Waals surface area (Å²) >= 11 is 1.72. The van der Waals surface area contributed by atoms with E-state index >= 15 is 0 Å². The summed E-state index contributed by atoms with van der Waals surface area (Å²) in [6, 6.07) is 1.74. The van der Waals surface area contributed by atoms with Crippen LogP contribution < -0.4 is 5.32 Å². The lowest BCUT2D eigenvalue weighted by Crippen LogP contribution is -2.56. The fourth-order valence-corrected chi connectivity index (χ4v) is 3.64. The molecule has 3 rings (SSSR count). The maximum atomic E-state index is 12.2. The standard InChI is InChI=1S/C13H17N3O3S/c17-11(10-7-9(15-16-10)8-1-2-8)14-13(12(18)19)3-5-20-6-4-13/h7-8H,1-6H2,(H,14,17)(H,15,16)(H,18,19). The fourth-order valence-electron chi connectivity index (χ4n) is 2.45. The fraction of sp³-hybridized carbons (Fsp3) is 0.615. The molecule has 0 unspecified atom stereocenters. The molecule has 1 aliphatic heterocycles. The molecule has 20 heavy (non-hydrogen) atoms. The minimum absolute atomic E-state index is 0.283. The van der Waals surface area contributed by atoms with Crippen molar-refractivity contribution in [2.24, 2.45) is 0 Å². The van der Waals surface area contributed by atoms with E-state index in [0.29, 0.717) is 18.8 Å². The van der Waals surface area contributed by atoms with Gasteiger partial charge in [0.1, 0.15) is 11.2 Å². The van der Waals surface area contributed by atoms with Crippen molar-refractivity contribution in [3.05, 3.63) is 17.5 Å². The second-order valence-corrected chi connectivity index (χ2v) is 6.66. The highest BCUT2D eigenvalue weighted by Crippen LogP contribution is 2.39. The number of aliphatic carboxylic acids is 1. The molecule has 1 saturated carbocycles. The first-order chi connectivity index (χ1) is 9.61. The number of aromatic amines is 1. The zero-order chi connectivity index (χ0) is 14.2. The maximum absolute atomic E-state index is 12.2. The van der Waals surface area contributed by atoms with Crippen LogP contribution in [0, 0.1) is 0 Å². The molecule has 1 amide bonds. The van der Waals surface area contributed by atoms with Crippen LogP contribution in [0.4, 0.5) is 0 Å². The van der Waals surface area contributed by atoms with Gasteiger partial charge in [-0.25, -0.2) is 4.79 Å². The predicted octanol–water partition coefficient (Wildman–Crippen LogP) is 1.37. The van der Waals surface area contributed by atoms with Crippen LogP contribution in [0.25, 0.3) is 0 Å². The third-order valence-electron chi connectivity index (χ3n) is 3.96. The Kier molecular flexibility index (Phi) is 3.45. The number of amides is 1. The monoisotopic (exact) mass is 295 g/mol. The number of thioether (sulfide) groups is 1. The first-order valence-electron chi connectivity index (χ1n) is 6.80. The SMILES string of the molecule is O=C(NC1(C(=O)O)CCSCC1)c1cc(C2CC2)[nH]n1. The second-order valence-electron chi connectivity index (χ2n) is 5.44. The van der Waals surface area contributed by atoms with E-state index in [1.807, 2.05) is 0 Å². The average molecular weight is 295 g/mol. The van der Waals surface area contributed by atoms with Gasteiger partial charge in [-0.15, -0.1) is 0 Å². The van der Waals surface area contributed by atoms with E-state index in [1.54, 1.807) is 17.8 Å². The summed E-state index contributed by atoms with van der Waals surface area (Å²) in [6.07, 6.45) is 3.16. The smallest absolute Gasteiger partial charge is 0.329 e. The highest BCUT2D eigenvalue weighted by molar-refractivity contribution is 7.99. The van der Waals surface area contributed by atoms with Crippen molar-refractivity contribution in [1.82, 2.24) is 15.5 Å². The van der Waals surface area contributed by atoms with Crippen LogP contribution in [0.2, 0.25) is 0 Å². The molecule has 0 spiro atoms. The number of aromatic nitrogens is 2. The predicted molar refractivity (Wildman–Crippen MR) is 75.0 cm³/mol. The van der Waals surface area contributed by atoms with E-state index in [2.05, 4.69) is 15.5 Å². The van der Waals surface area contributed by atoms with E-state index in [9.17, 15) is 14.7 Å². The Bertz CT molecular complexity index is 533. The Morgan fingerprint density at radius 2 is 2.10 bits per heavy atom. The first-order valence-corrected chi connectivity index (χ1v) is 7.95. The van der Waals surface area contributed by atoms with E-state index in [0.717, 1.165) is 30.0 Å². The summed E-state index contributed by atoms with van der Waals surface area (Å²) in [7, 11) is 0. The number of rotatable bonds is 4. The van der Waals surface area contributed by atoms with Crippen molar-refractivity contribution in [1.29, 1.82) is 0 Å². The van der Waals surface area contributed by atoms with Gasteiger partial charge in [0, 0.05) is 11.6 Å². The number of hydrogen-bond donors (Lipinski definition) is 3. The van der Waals surface area contributed by atoms with Crippen LogP contribution >= 0.6 is 11.8 Å². The molecular formula is C13H17N3O3S. The van der Waals surface area contributed by atoms with Gasteiger partial charge in [-0.1, -0.05) is 0 Å². The third-order valence-corrected chi connectivity index (χ3v) is 4.94. The Balaban J connectivity index is 1.73. The number of nitrogens with one attached hydrogen (secondary N) is 2. The van der Waals surface area contributed by atoms with Crippen LogP contribution in [0.15, 0.2) is 6.07 Å². The van der Waals surface area contributed by atoms with Gasteiger partial charge >= 0.3 is 5.97 Å². The van der Waals surface area contributed by atoms with Crippen LogP contribution in [0.5, 0.6) is 0 Å². The average Bonchev–Trinajstić information content (AvgIpc) is 3.17. The number of nitrogens with zero attached hydrogens (tertiary/aromatic N) is 1. The van der Waals surface area contributed by atoms with E-state index in [4.69, 9.17) is 0 Å². The zero-order valence-corrected chi connectivity index (χ0v) is 11.8. The highest BCUT2D eigenvalue weighted by atomic mass is 32.2. The van der Waals surface area contributed by atoms with Gasteiger partial charge in [-0.3, -0.25) is 9.89 Å². The normalized spacial score (nSPS) is 21.4. The minimum atomic E-state index is -1.14. The van der Waals surface area contributed by atoms with Gasteiger partial charge in [-0.2, -0.15) is 16.9 Å². The number of hydrogen-bond acceptors (Lipinski definition) is 4. The molecule has 6 nitrogen and oxygen atoms in total. The zero-order valence-electron chi connectivity index (χ0n) is 11.0. The number of carboxylic acid groups (broad SMARTS) is 1. The third kappa shape index (κ3) is 2.54. The van der Waals surface area contributed by atoms with E-state index in [-0.39, 0.29) is 5.69 Å². The molecule has 1 aromatic heterocycles. The lowest BCUT2D eigenvalue weighted by molar-refractivity contribution is -0.144. The van der Waals surface area contributed by atoms with Gasteiger partial charge in [0.25, 0.3) is 5.91 Å². The lowest BCUT2D eigenvalue weighted by atomic mass is 9.92. The summed E-state index contributed by atoms with van der Waals surface area (Å²) < 4.78 is 0. The molecule has 1 aromatic rings. The van der Waals surface area contributed by atoms with E-state index < -0.39 is 17.4 Å². The first kappa shape index (κ1) is 13.5. The molecule has 1 aliphatic carbocycles. The van der Waals surface area contributed by atoms with Crippen molar-refractivity contribution >= 4 is 23.6 Å². The molecule has 2 fully saturated rings.